The zero-order chi connectivity index (χ0) is 32.5. The molecule has 15 heteroatoms. The Kier molecular flexibility index (Phi) is 8.12. The fraction of sp³-hybridized carbons (Fsp3) is 0.375. The monoisotopic (exact) mass is 644 g/mol. The van der Waals surface area contributed by atoms with Gasteiger partial charge >= 0.3 is 5.97 Å². The van der Waals surface area contributed by atoms with Gasteiger partial charge in [-0.15, -0.1) is 0 Å². The molecule has 13 nitrogen and oxygen atoms in total. The fourth-order valence-corrected chi connectivity index (χ4v) is 6.07. The molecule has 3 aliphatic heterocycles. The van der Waals surface area contributed by atoms with E-state index in [9.17, 15) is 18.7 Å². The maximum absolute atomic E-state index is 13.9. The number of nitrogens with one attached hydrogen (secondary N) is 1. The third kappa shape index (κ3) is 6.05. The molecular weight excluding hydrogens is 614 g/mol. The zero-order valence-corrected chi connectivity index (χ0v) is 25.2. The molecule has 0 bridgehead atoms. The van der Waals surface area contributed by atoms with Gasteiger partial charge in [-0.05, 0) is 25.1 Å². The number of aromatic nitrogens is 6. The standard InChI is InChI=1S/C32H30F2N8O5/c1-19-32(16-45-17-32)46-8-7-41(19)25-9-20(4-5-21-12-35-18-36-13-21)14-38-30(25)47-22-10-26(31(43)44)42(15-22)27-11-24(23-3-2-6-37-23)39-29(40-27)28(33)34/h2-3,6,9,11-14,18-19,22,26,28,37H,7-8,10,15-17H2,1H3,(H,43,44)/t19-,22-,26-/m0/s1. The van der Waals surface area contributed by atoms with Gasteiger partial charge in [0, 0.05) is 49.4 Å². The Bertz CT molecular complexity index is 1810. The number of H-pyrrole nitrogens is 1. The maximum atomic E-state index is 13.9. The van der Waals surface area contributed by atoms with Gasteiger partial charge in [-0.2, -0.15) is 0 Å². The minimum Gasteiger partial charge on any atom is -0.480 e. The van der Waals surface area contributed by atoms with Crippen LogP contribution in [-0.4, -0.2) is 97.7 Å². The van der Waals surface area contributed by atoms with E-state index in [-0.39, 0.29) is 30.5 Å². The number of aromatic amines is 1. The predicted octanol–water partition coefficient (Wildman–Crippen LogP) is 3.10. The van der Waals surface area contributed by atoms with Gasteiger partial charge in [-0.3, -0.25) is 0 Å². The summed E-state index contributed by atoms with van der Waals surface area (Å²) >= 11 is 0. The molecule has 242 valence electrons. The van der Waals surface area contributed by atoms with Gasteiger partial charge in [-0.1, -0.05) is 11.8 Å². The molecule has 3 atom stereocenters. The number of pyridine rings is 1. The molecule has 0 saturated carbocycles. The van der Waals surface area contributed by atoms with Crippen LogP contribution in [0.25, 0.3) is 11.4 Å². The smallest absolute Gasteiger partial charge is 0.326 e. The number of aliphatic carboxylic acids is 1. The lowest BCUT2D eigenvalue weighted by atomic mass is 9.90. The van der Waals surface area contributed by atoms with Crippen molar-refractivity contribution in [3.8, 4) is 29.1 Å². The normalized spacial score (nSPS) is 21.7. The van der Waals surface area contributed by atoms with Crippen molar-refractivity contribution in [1.82, 2.24) is 29.9 Å². The molecule has 47 heavy (non-hydrogen) atoms. The quantitative estimate of drug-likeness (QED) is 0.285. The molecule has 3 saturated heterocycles. The second kappa shape index (κ2) is 12.5. The Labute approximate surface area is 268 Å². The Balaban J connectivity index is 1.21. The lowest BCUT2D eigenvalue weighted by molar-refractivity contribution is -0.228. The topological polar surface area (TPSA) is 152 Å². The van der Waals surface area contributed by atoms with E-state index in [1.165, 1.54) is 17.3 Å². The summed E-state index contributed by atoms with van der Waals surface area (Å²) in [6, 6.07) is 5.61. The van der Waals surface area contributed by atoms with Crippen molar-refractivity contribution in [2.24, 2.45) is 0 Å². The molecule has 7 heterocycles. The molecule has 7 rings (SSSR count). The van der Waals surface area contributed by atoms with E-state index >= 15 is 0 Å². The molecule has 4 aromatic rings. The van der Waals surface area contributed by atoms with Crippen LogP contribution in [0.2, 0.25) is 0 Å². The number of carboxylic acids is 1. The number of rotatable bonds is 7. The fourth-order valence-electron chi connectivity index (χ4n) is 6.07. The minimum absolute atomic E-state index is 0.0634. The van der Waals surface area contributed by atoms with Gasteiger partial charge in [0.2, 0.25) is 5.88 Å². The van der Waals surface area contributed by atoms with Gasteiger partial charge in [-0.25, -0.2) is 38.5 Å². The molecule has 0 amide bonds. The number of carboxylic acid groups (broad SMARTS) is 1. The summed E-state index contributed by atoms with van der Waals surface area (Å²) in [4.78, 5) is 39.7. The van der Waals surface area contributed by atoms with Crippen LogP contribution in [-0.2, 0) is 14.3 Å². The largest absolute Gasteiger partial charge is 0.480 e. The SMILES string of the molecule is C[C@@H]1N(c2cc(C#Cc3cncnc3)cnc2O[C@H]2C[C@@H](C(=O)O)N(c3cc(-c4ccc[nH]4)nc(C(F)F)n3)C2)CCOC12COC2. The number of anilines is 2. The molecule has 0 aliphatic carbocycles. The van der Waals surface area contributed by atoms with Crippen molar-refractivity contribution in [2.45, 2.75) is 43.6 Å². The summed E-state index contributed by atoms with van der Waals surface area (Å²) in [6.07, 6.45) is 4.35. The van der Waals surface area contributed by atoms with Crippen molar-refractivity contribution in [3.05, 3.63) is 72.3 Å². The maximum Gasteiger partial charge on any atom is 0.326 e. The minimum atomic E-state index is -2.95. The third-order valence-corrected chi connectivity index (χ3v) is 8.62. The Morgan fingerprint density at radius 3 is 2.66 bits per heavy atom. The second-order valence-electron chi connectivity index (χ2n) is 11.5. The van der Waals surface area contributed by atoms with Crippen molar-refractivity contribution < 1.29 is 32.9 Å². The van der Waals surface area contributed by atoms with E-state index in [0.29, 0.717) is 54.8 Å². The number of hydrogen-bond acceptors (Lipinski definition) is 11. The number of halogens is 2. The highest BCUT2D eigenvalue weighted by Crippen LogP contribution is 2.39. The predicted molar refractivity (Wildman–Crippen MR) is 163 cm³/mol. The van der Waals surface area contributed by atoms with Gasteiger partial charge < -0.3 is 34.1 Å². The first-order valence-electron chi connectivity index (χ1n) is 15.0. The van der Waals surface area contributed by atoms with Crippen molar-refractivity contribution >= 4 is 17.5 Å². The van der Waals surface area contributed by atoms with E-state index in [2.05, 4.69) is 53.6 Å². The third-order valence-electron chi connectivity index (χ3n) is 8.62. The summed E-state index contributed by atoms with van der Waals surface area (Å²) in [5.41, 5.74) is 2.20. The van der Waals surface area contributed by atoms with Crippen molar-refractivity contribution in [3.63, 3.8) is 0 Å². The molecule has 0 radical (unpaired) electrons. The molecule has 0 unspecified atom stereocenters. The Morgan fingerprint density at radius 2 is 1.96 bits per heavy atom. The van der Waals surface area contributed by atoms with Crippen LogP contribution < -0.4 is 14.5 Å². The molecule has 3 aliphatic rings. The van der Waals surface area contributed by atoms with Crippen LogP contribution in [0.3, 0.4) is 0 Å². The molecule has 1 spiro atoms. The average molecular weight is 645 g/mol. The summed E-state index contributed by atoms with van der Waals surface area (Å²) in [7, 11) is 0. The first-order valence-corrected chi connectivity index (χ1v) is 15.0. The number of hydrogen-bond donors (Lipinski definition) is 2. The summed E-state index contributed by atoms with van der Waals surface area (Å²) in [6.45, 7) is 4.06. The van der Waals surface area contributed by atoms with Crippen LogP contribution in [0.5, 0.6) is 5.88 Å². The van der Waals surface area contributed by atoms with Crippen LogP contribution in [0, 0.1) is 11.8 Å². The molecular formula is C32H30F2N8O5. The number of carbonyl (C=O) groups is 1. The number of morpholine rings is 1. The lowest BCUT2D eigenvalue weighted by Crippen LogP contribution is -2.68. The van der Waals surface area contributed by atoms with Gasteiger partial charge in [0.15, 0.2) is 5.82 Å². The van der Waals surface area contributed by atoms with E-state index in [1.807, 2.05) is 6.07 Å². The van der Waals surface area contributed by atoms with Crippen LogP contribution in [0.1, 0.15) is 36.7 Å². The molecule has 3 fully saturated rings. The summed E-state index contributed by atoms with van der Waals surface area (Å²) in [5, 5.41) is 10.2. The summed E-state index contributed by atoms with van der Waals surface area (Å²) in [5.74, 6) is 4.69. The first-order chi connectivity index (χ1) is 22.8. The number of ether oxygens (including phenoxy) is 3. The lowest BCUT2D eigenvalue weighted by Gasteiger charge is -2.53. The second-order valence-corrected chi connectivity index (χ2v) is 11.5. The van der Waals surface area contributed by atoms with E-state index in [1.54, 1.807) is 36.9 Å². The number of alkyl halides is 2. The van der Waals surface area contributed by atoms with E-state index < -0.39 is 36.0 Å². The van der Waals surface area contributed by atoms with E-state index in [0.717, 1.165) is 0 Å². The van der Waals surface area contributed by atoms with E-state index in [4.69, 9.17) is 14.2 Å². The van der Waals surface area contributed by atoms with Gasteiger partial charge in [0.05, 0.1) is 49.4 Å². The highest BCUT2D eigenvalue weighted by molar-refractivity contribution is 5.79. The van der Waals surface area contributed by atoms with Gasteiger partial charge in [0.25, 0.3) is 6.43 Å². The van der Waals surface area contributed by atoms with Gasteiger partial charge in [0.1, 0.15) is 35.6 Å². The summed E-state index contributed by atoms with van der Waals surface area (Å²) < 4.78 is 45.8. The Hall–Kier alpha value is -5.20. The van der Waals surface area contributed by atoms with Crippen LogP contribution in [0.15, 0.2) is 55.4 Å². The van der Waals surface area contributed by atoms with Crippen LogP contribution >= 0.6 is 0 Å². The molecule has 2 N–H and O–H groups in total. The zero-order valence-electron chi connectivity index (χ0n) is 25.2. The molecule has 0 aromatic carbocycles. The number of nitrogens with zero attached hydrogens (tertiary/aromatic N) is 7. The first kappa shape index (κ1) is 30.5. The average Bonchev–Trinajstić information content (AvgIpc) is 3.75. The van der Waals surface area contributed by atoms with Crippen LogP contribution in [0.4, 0.5) is 20.3 Å². The van der Waals surface area contributed by atoms with Crippen molar-refractivity contribution in [1.29, 1.82) is 0 Å². The highest BCUT2D eigenvalue weighted by Gasteiger charge is 2.50. The highest BCUT2D eigenvalue weighted by atomic mass is 19.3. The van der Waals surface area contributed by atoms with Crippen molar-refractivity contribution in [2.75, 3.05) is 42.7 Å². The Morgan fingerprint density at radius 1 is 1.15 bits per heavy atom. The molecule has 4 aromatic heterocycles.